The molecule has 0 saturated heterocycles. The maximum atomic E-state index is 9.49. The van der Waals surface area contributed by atoms with Gasteiger partial charge < -0.3 is 0 Å². The molecule has 0 bridgehead atoms. The summed E-state index contributed by atoms with van der Waals surface area (Å²) in [5, 5.41) is 13.5. The van der Waals surface area contributed by atoms with Gasteiger partial charge in [0.25, 0.3) is 0 Å². The van der Waals surface area contributed by atoms with Crippen molar-refractivity contribution >= 4 is 11.8 Å². The van der Waals surface area contributed by atoms with Crippen molar-refractivity contribution in [3.05, 3.63) is 29.3 Å². The summed E-state index contributed by atoms with van der Waals surface area (Å²) >= 11 is 1.93. The lowest BCUT2D eigenvalue weighted by atomic mass is 10.00. The predicted molar refractivity (Wildman–Crippen MR) is 86.0 cm³/mol. The summed E-state index contributed by atoms with van der Waals surface area (Å²) in [5.74, 6) is 0. The monoisotopic (exact) mass is 288 g/mol. The van der Waals surface area contributed by atoms with Crippen LogP contribution in [0.3, 0.4) is 0 Å². The molecule has 20 heavy (non-hydrogen) atoms. The lowest BCUT2D eigenvalue weighted by Gasteiger charge is -2.22. The first-order valence-electron chi connectivity index (χ1n) is 7.49. The molecule has 1 fully saturated rings. The molecule has 2 nitrogen and oxygen atoms in total. The van der Waals surface area contributed by atoms with Crippen LogP contribution in [-0.2, 0) is 0 Å². The summed E-state index contributed by atoms with van der Waals surface area (Å²) in [6, 6.07) is 9.19. The van der Waals surface area contributed by atoms with Crippen molar-refractivity contribution in [1.82, 2.24) is 5.32 Å². The minimum Gasteiger partial charge on any atom is -0.299 e. The molecule has 2 atom stereocenters. The Labute approximate surface area is 127 Å². The molecule has 1 saturated carbocycles. The van der Waals surface area contributed by atoms with Crippen molar-refractivity contribution in [3.63, 3.8) is 0 Å². The number of benzene rings is 1. The first kappa shape index (κ1) is 15.4. The summed E-state index contributed by atoms with van der Waals surface area (Å²) < 4.78 is 0. The van der Waals surface area contributed by atoms with Gasteiger partial charge in [-0.2, -0.15) is 5.26 Å². The zero-order valence-corrected chi connectivity index (χ0v) is 13.5. The molecular weight excluding hydrogens is 264 g/mol. The topological polar surface area (TPSA) is 35.8 Å². The van der Waals surface area contributed by atoms with Gasteiger partial charge in [0.2, 0.25) is 0 Å². The van der Waals surface area contributed by atoms with Gasteiger partial charge in [-0.3, -0.25) is 5.32 Å². The van der Waals surface area contributed by atoms with E-state index in [1.54, 1.807) is 0 Å². The Morgan fingerprint density at radius 3 is 2.85 bits per heavy atom. The van der Waals surface area contributed by atoms with Crippen LogP contribution in [0, 0.1) is 25.2 Å². The van der Waals surface area contributed by atoms with E-state index in [1.807, 2.05) is 11.8 Å². The molecule has 1 aliphatic rings. The van der Waals surface area contributed by atoms with E-state index in [0.29, 0.717) is 5.25 Å². The number of nitrogens with one attached hydrogen (secondary N) is 1. The molecule has 0 spiro atoms. The van der Waals surface area contributed by atoms with Crippen molar-refractivity contribution < 1.29 is 0 Å². The van der Waals surface area contributed by atoms with Crippen LogP contribution < -0.4 is 5.32 Å². The van der Waals surface area contributed by atoms with Crippen LogP contribution >= 0.6 is 11.8 Å². The maximum absolute atomic E-state index is 9.49. The Bertz CT molecular complexity index is 506. The average molecular weight is 288 g/mol. The van der Waals surface area contributed by atoms with Gasteiger partial charge in [0.05, 0.1) is 6.07 Å². The molecular formula is C17H24N2S. The van der Waals surface area contributed by atoms with E-state index in [0.717, 1.165) is 32.2 Å². The van der Waals surface area contributed by atoms with Crippen LogP contribution in [0.15, 0.2) is 23.1 Å². The molecule has 1 N–H and O–H groups in total. The van der Waals surface area contributed by atoms with E-state index < -0.39 is 0 Å². The van der Waals surface area contributed by atoms with Gasteiger partial charge in [-0.15, -0.1) is 11.8 Å². The van der Waals surface area contributed by atoms with E-state index in [1.165, 1.54) is 16.0 Å². The second kappa shape index (κ2) is 6.65. The minimum atomic E-state index is -0.284. The number of rotatable bonds is 5. The molecule has 0 amide bonds. The third-order valence-corrected chi connectivity index (χ3v) is 5.44. The molecule has 0 aromatic heterocycles. The normalized spacial score (nSPS) is 25.6. The number of thioether (sulfide) groups is 1. The van der Waals surface area contributed by atoms with Crippen LogP contribution in [0.25, 0.3) is 0 Å². The summed E-state index contributed by atoms with van der Waals surface area (Å²) in [4.78, 5) is 1.34. The molecule has 2 rings (SSSR count). The molecule has 2 unspecified atom stereocenters. The Balaban J connectivity index is 1.98. The van der Waals surface area contributed by atoms with Gasteiger partial charge in [-0.25, -0.2) is 0 Å². The van der Waals surface area contributed by atoms with Gasteiger partial charge in [0, 0.05) is 10.1 Å². The molecule has 1 aromatic carbocycles. The largest absolute Gasteiger partial charge is 0.299 e. The van der Waals surface area contributed by atoms with E-state index in [9.17, 15) is 5.26 Å². The average Bonchev–Trinajstić information content (AvgIpc) is 2.85. The summed E-state index contributed by atoms with van der Waals surface area (Å²) in [6.45, 7) is 7.40. The third kappa shape index (κ3) is 3.56. The van der Waals surface area contributed by atoms with Crippen molar-refractivity contribution in [3.8, 4) is 6.07 Å². The highest BCUT2D eigenvalue weighted by atomic mass is 32.2. The second-order valence-electron chi connectivity index (χ2n) is 5.85. The zero-order valence-electron chi connectivity index (χ0n) is 12.7. The van der Waals surface area contributed by atoms with E-state index in [4.69, 9.17) is 0 Å². The van der Waals surface area contributed by atoms with E-state index in [-0.39, 0.29) is 5.54 Å². The second-order valence-corrected chi connectivity index (χ2v) is 7.22. The van der Waals surface area contributed by atoms with E-state index in [2.05, 4.69) is 50.4 Å². The fourth-order valence-electron chi connectivity index (χ4n) is 2.75. The summed E-state index contributed by atoms with van der Waals surface area (Å²) in [7, 11) is 0. The summed E-state index contributed by atoms with van der Waals surface area (Å²) in [5.41, 5.74) is 2.41. The number of hydrogen-bond acceptors (Lipinski definition) is 3. The zero-order chi connectivity index (χ0) is 14.6. The number of nitrogens with zero attached hydrogens (tertiary/aromatic N) is 1. The Morgan fingerprint density at radius 1 is 1.40 bits per heavy atom. The fourth-order valence-corrected chi connectivity index (χ4v) is 4.13. The molecule has 0 radical (unpaired) electrons. The number of nitriles is 1. The third-order valence-electron chi connectivity index (χ3n) is 4.18. The highest BCUT2D eigenvalue weighted by Gasteiger charge is 2.39. The van der Waals surface area contributed by atoms with Crippen molar-refractivity contribution in [1.29, 1.82) is 5.26 Å². The Kier molecular flexibility index (Phi) is 5.12. The maximum Gasteiger partial charge on any atom is 0.107 e. The highest BCUT2D eigenvalue weighted by molar-refractivity contribution is 8.00. The van der Waals surface area contributed by atoms with Crippen molar-refractivity contribution in [2.75, 3.05) is 6.54 Å². The van der Waals surface area contributed by atoms with Gasteiger partial charge in [0.15, 0.2) is 0 Å². The summed E-state index contributed by atoms with van der Waals surface area (Å²) in [6.07, 6.45) is 4.15. The van der Waals surface area contributed by atoms with Crippen LogP contribution in [0.4, 0.5) is 0 Å². The van der Waals surface area contributed by atoms with Crippen LogP contribution in [-0.4, -0.2) is 17.3 Å². The molecule has 3 heteroatoms. The number of aryl methyl sites for hydroxylation is 2. The Hall–Kier alpha value is -0.980. The number of hydrogen-bond donors (Lipinski definition) is 1. The van der Waals surface area contributed by atoms with Gasteiger partial charge in [-0.1, -0.05) is 13.0 Å². The molecule has 108 valence electrons. The molecule has 0 aliphatic heterocycles. The van der Waals surface area contributed by atoms with Gasteiger partial charge >= 0.3 is 0 Å². The smallest absolute Gasteiger partial charge is 0.107 e. The molecule has 0 heterocycles. The molecule has 1 aliphatic carbocycles. The standard InChI is InChI=1S/C17H24N2S/c1-4-9-19-17(12-18)8-7-16(11-17)20-15-6-5-13(2)14(3)10-15/h5-6,10,16,19H,4,7-9,11H2,1-3H3. The molecule has 1 aromatic rings. The first-order chi connectivity index (χ1) is 9.58. The van der Waals surface area contributed by atoms with Crippen LogP contribution in [0.2, 0.25) is 0 Å². The van der Waals surface area contributed by atoms with Crippen molar-refractivity contribution in [2.45, 2.75) is 62.1 Å². The van der Waals surface area contributed by atoms with Crippen molar-refractivity contribution in [2.24, 2.45) is 0 Å². The quantitative estimate of drug-likeness (QED) is 0.881. The highest BCUT2D eigenvalue weighted by Crippen LogP contribution is 2.40. The van der Waals surface area contributed by atoms with Gasteiger partial charge in [-0.05, 0) is 69.3 Å². The Morgan fingerprint density at radius 2 is 2.20 bits per heavy atom. The van der Waals surface area contributed by atoms with Crippen LogP contribution in [0.1, 0.15) is 43.7 Å². The lowest BCUT2D eigenvalue weighted by Crippen LogP contribution is -2.42. The van der Waals surface area contributed by atoms with Gasteiger partial charge in [0.1, 0.15) is 5.54 Å². The predicted octanol–water partition coefficient (Wildman–Crippen LogP) is 4.21. The first-order valence-corrected chi connectivity index (χ1v) is 8.37. The minimum absolute atomic E-state index is 0.284. The lowest BCUT2D eigenvalue weighted by molar-refractivity contribution is 0.424. The van der Waals surface area contributed by atoms with Crippen LogP contribution in [0.5, 0.6) is 0 Å². The SMILES string of the molecule is CCCNC1(C#N)CCC(Sc2ccc(C)c(C)c2)C1. The van der Waals surface area contributed by atoms with E-state index >= 15 is 0 Å². The fraction of sp³-hybridized carbons (Fsp3) is 0.588.